The Morgan fingerprint density at radius 3 is 2.50 bits per heavy atom. The largest absolute Gasteiger partial charge is 0.479 e. The van der Waals surface area contributed by atoms with Gasteiger partial charge in [0.15, 0.2) is 5.37 Å². The van der Waals surface area contributed by atoms with Crippen LogP contribution in [0.4, 0.5) is 0 Å². The zero-order chi connectivity index (χ0) is 10.6. The van der Waals surface area contributed by atoms with Gasteiger partial charge in [0.1, 0.15) is 0 Å². The molecular weight excluding hydrogens is 222 g/mol. The van der Waals surface area contributed by atoms with E-state index in [0.717, 1.165) is 4.90 Å². The monoisotopic (exact) mass is 231 g/mol. The minimum Gasteiger partial charge on any atom is -0.479 e. The van der Waals surface area contributed by atoms with Gasteiger partial charge in [-0.1, -0.05) is 23.4 Å². The van der Waals surface area contributed by atoms with Crippen LogP contribution in [0.1, 0.15) is 0 Å². The summed E-state index contributed by atoms with van der Waals surface area (Å²) in [6.07, 6.45) is 0. The van der Waals surface area contributed by atoms with Gasteiger partial charge in [-0.25, -0.2) is 4.79 Å². The smallest absolute Gasteiger partial charge is 0.331 e. The molecule has 0 saturated heterocycles. The molecule has 0 spiro atoms. The van der Waals surface area contributed by atoms with Gasteiger partial charge < -0.3 is 5.11 Å². The average Bonchev–Trinajstić information content (AvgIpc) is 2.16. The molecule has 0 heterocycles. The van der Waals surface area contributed by atoms with Crippen LogP contribution in [-0.2, 0) is 4.79 Å². The number of hydrogen-bond donors (Lipinski definition) is 2. The van der Waals surface area contributed by atoms with E-state index in [1.807, 2.05) is 0 Å². The van der Waals surface area contributed by atoms with E-state index in [9.17, 15) is 4.79 Å². The number of aliphatic carboxylic acids is 1. The van der Waals surface area contributed by atoms with Gasteiger partial charge in [-0.15, -0.1) is 0 Å². The number of carboxylic acid groups (broad SMARTS) is 1. The maximum Gasteiger partial charge on any atom is 0.331 e. The van der Waals surface area contributed by atoms with Crippen LogP contribution in [0, 0.1) is 0 Å². The average molecular weight is 232 g/mol. The van der Waals surface area contributed by atoms with Crippen molar-refractivity contribution in [1.82, 2.24) is 5.32 Å². The lowest BCUT2D eigenvalue weighted by molar-refractivity contribution is -0.136. The molecule has 3 nitrogen and oxygen atoms in total. The highest BCUT2D eigenvalue weighted by molar-refractivity contribution is 8.00. The molecule has 1 aromatic rings. The molecule has 76 valence electrons. The first kappa shape index (κ1) is 11.4. The number of carbonyl (C=O) groups is 1. The Hall–Kier alpha value is -0.710. The number of halogens is 1. The summed E-state index contributed by atoms with van der Waals surface area (Å²) in [7, 11) is 1.61. The van der Waals surface area contributed by atoms with Gasteiger partial charge in [-0.05, 0) is 31.3 Å². The number of benzene rings is 1. The molecule has 1 unspecified atom stereocenters. The topological polar surface area (TPSA) is 49.3 Å². The normalized spacial score (nSPS) is 12.4. The molecule has 0 aliphatic rings. The van der Waals surface area contributed by atoms with Crippen LogP contribution < -0.4 is 5.32 Å². The summed E-state index contributed by atoms with van der Waals surface area (Å²) >= 11 is 6.94. The lowest BCUT2D eigenvalue weighted by Gasteiger charge is -2.10. The number of nitrogens with one attached hydrogen (secondary N) is 1. The van der Waals surface area contributed by atoms with E-state index < -0.39 is 11.3 Å². The first-order valence-corrected chi connectivity index (χ1v) is 5.21. The van der Waals surface area contributed by atoms with E-state index in [0.29, 0.717) is 5.02 Å². The fourth-order valence-corrected chi connectivity index (χ4v) is 1.79. The van der Waals surface area contributed by atoms with Crippen molar-refractivity contribution in [2.75, 3.05) is 7.05 Å². The van der Waals surface area contributed by atoms with Gasteiger partial charge >= 0.3 is 5.97 Å². The highest BCUT2D eigenvalue weighted by atomic mass is 35.5. The van der Waals surface area contributed by atoms with Gasteiger partial charge in [-0.3, -0.25) is 5.32 Å². The SMILES string of the molecule is CNC(Sc1ccc(Cl)cc1)C(=O)O. The van der Waals surface area contributed by atoms with Gasteiger partial charge in [0.05, 0.1) is 0 Å². The third-order valence-electron chi connectivity index (χ3n) is 1.55. The lowest BCUT2D eigenvalue weighted by Crippen LogP contribution is -2.30. The third-order valence-corrected chi connectivity index (χ3v) is 3.02. The van der Waals surface area contributed by atoms with Crippen molar-refractivity contribution < 1.29 is 9.90 Å². The molecule has 0 aliphatic heterocycles. The highest BCUT2D eigenvalue weighted by Crippen LogP contribution is 2.23. The van der Waals surface area contributed by atoms with Crippen molar-refractivity contribution >= 4 is 29.3 Å². The van der Waals surface area contributed by atoms with Crippen LogP contribution in [-0.4, -0.2) is 23.5 Å². The standard InChI is InChI=1S/C9H10ClNO2S/c1-11-8(9(12)13)14-7-4-2-6(10)3-5-7/h2-5,8,11H,1H3,(H,12,13). The molecule has 0 aliphatic carbocycles. The number of carboxylic acids is 1. The Labute approximate surface area is 91.5 Å². The van der Waals surface area contributed by atoms with Gasteiger partial charge in [0, 0.05) is 9.92 Å². The summed E-state index contributed by atoms with van der Waals surface area (Å²) in [5, 5.41) is 11.5. The summed E-state index contributed by atoms with van der Waals surface area (Å²) in [5.41, 5.74) is 0. The predicted octanol–water partition coefficient (Wildman–Crippen LogP) is 2.06. The lowest BCUT2D eigenvalue weighted by atomic mass is 10.4. The highest BCUT2D eigenvalue weighted by Gasteiger charge is 2.15. The van der Waals surface area contributed by atoms with Crippen LogP contribution >= 0.6 is 23.4 Å². The van der Waals surface area contributed by atoms with Crippen LogP contribution in [0.25, 0.3) is 0 Å². The zero-order valence-corrected chi connectivity index (χ0v) is 9.10. The molecule has 0 aromatic heterocycles. The van der Waals surface area contributed by atoms with E-state index in [4.69, 9.17) is 16.7 Å². The Morgan fingerprint density at radius 2 is 2.07 bits per heavy atom. The molecule has 2 N–H and O–H groups in total. The molecule has 0 radical (unpaired) electrons. The van der Waals surface area contributed by atoms with Gasteiger partial charge in [-0.2, -0.15) is 0 Å². The first-order chi connectivity index (χ1) is 6.63. The maximum atomic E-state index is 10.7. The van der Waals surface area contributed by atoms with Crippen molar-refractivity contribution in [1.29, 1.82) is 0 Å². The van der Waals surface area contributed by atoms with E-state index in [1.165, 1.54) is 11.8 Å². The number of thioether (sulfide) groups is 1. The Kier molecular flexibility index (Phi) is 4.25. The quantitative estimate of drug-likeness (QED) is 0.615. The van der Waals surface area contributed by atoms with Crippen molar-refractivity contribution in [2.24, 2.45) is 0 Å². The molecule has 0 amide bonds. The fraction of sp³-hybridized carbons (Fsp3) is 0.222. The fourth-order valence-electron chi connectivity index (χ4n) is 0.882. The zero-order valence-electron chi connectivity index (χ0n) is 7.53. The van der Waals surface area contributed by atoms with E-state index in [-0.39, 0.29) is 0 Å². The third kappa shape index (κ3) is 3.21. The molecule has 0 bridgehead atoms. The van der Waals surface area contributed by atoms with Gasteiger partial charge in [0.25, 0.3) is 0 Å². The Bertz CT molecular complexity index is 315. The number of hydrogen-bond acceptors (Lipinski definition) is 3. The summed E-state index contributed by atoms with van der Waals surface area (Å²) in [5.74, 6) is -0.882. The molecule has 0 saturated carbocycles. The van der Waals surface area contributed by atoms with Crippen LogP contribution in [0.5, 0.6) is 0 Å². The second-order valence-electron chi connectivity index (χ2n) is 2.58. The van der Waals surface area contributed by atoms with Crippen molar-refractivity contribution in [3.8, 4) is 0 Å². The minimum absolute atomic E-state index is 0.629. The molecule has 1 aromatic carbocycles. The van der Waals surface area contributed by atoms with Gasteiger partial charge in [0.2, 0.25) is 0 Å². The molecular formula is C9H10ClNO2S. The van der Waals surface area contributed by atoms with Crippen LogP contribution in [0.15, 0.2) is 29.2 Å². The molecule has 1 rings (SSSR count). The molecule has 1 atom stereocenters. The number of rotatable bonds is 4. The molecule has 14 heavy (non-hydrogen) atoms. The van der Waals surface area contributed by atoms with Crippen LogP contribution in [0.2, 0.25) is 5.02 Å². The molecule has 0 fully saturated rings. The van der Waals surface area contributed by atoms with Crippen molar-refractivity contribution in [3.63, 3.8) is 0 Å². The second-order valence-corrected chi connectivity index (χ2v) is 4.19. The summed E-state index contributed by atoms with van der Waals surface area (Å²) in [6, 6.07) is 7.05. The Balaban J connectivity index is 2.67. The first-order valence-electron chi connectivity index (χ1n) is 3.96. The number of likely N-dealkylation sites (N-methyl/N-ethyl adjacent to an activating group) is 1. The summed E-state index contributed by atoms with van der Waals surface area (Å²) in [4.78, 5) is 11.6. The van der Waals surface area contributed by atoms with E-state index >= 15 is 0 Å². The van der Waals surface area contributed by atoms with E-state index in [2.05, 4.69) is 5.32 Å². The Morgan fingerprint density at radius 1 is 1.50 bits per heavy atom. The summed E-state index contributed by atoms with van der Waals surface area (Å²) in [6.45, 7) is 0. The summed E-state index contributed by atoms with van der Waals surface area (Å²) < 4.78 is 0. The van der Waals surface area contributed by atoms with Crippen molar-refractivity contribution in [2.45, 2.75) is 10.3 Å². The minimum atomic E-state index is -0.882. The second kappa shape index (κ2) is 5.24. The molecule has 5 heteroatoms. The van der Waals surface area contributed by atoms with E-state index in [1.54, 1.807) is 31.3 Å². The van der Waals surface area contributed by atoms with Crippen molar-refractivity contribution in [3.05, 3.63) is 29.3 Å². The maximum absolute atomic E-state index is 10.7. The van der Waals surface area contributed by atoms with Crippen LogP contribution in [0.3, 0.4) is 0 Å². The predicted molar refractivity (Wildman–Crippen MR) is 57.8 cm³/mol.